The average molecular weight is 597 g/mol. The Morgan fingerprint density at radius 3 is 2.56 bits per heavy atom. The highest BCUT2D eigenvalue weighted by Gasteiger charge is 2.47. The van der Waals surface area contributed by atoms with Gasteiger partial charge < -0.3 is 20.2 Å². The van der Waals surface area contributed by atoms with Gasteiger partial charge in [0.2, 0.25) is 5.91 Å². The van der Waals surface area contributed by atoms with Gasteiger partial charge in [-0.05, 0) is 64.2 Å². The molecule has 1 fully saturated rings. The third-order valence-electron chi connectivity index (χ3n) is 8.40. The number of benzene rings is 3. The Hall–Kier alpha value is -4.37. The molecule has 2 N–H and O–H groups in total. The maximum absolute atomic E-state index is 14.1. The van der Waals surface area contributed by atoms with E-state index in [1.165, 1.54) is 11.3 Å². The molecule has 2 aliphatic rings. The number of thiophene rings is 1. The van der Waals surface area contributed by atoms with Gasteiger partial charge in [0.05, 0.1) is 18.2 Å². The second-order valence-electron chi connectivity index (χ2n) is 11.8. The summed E-state index contributed by atoms with van der Waals surface area (Å²) in [5.74, 6) is -0.0964. The molecule has 2 atom stereocenters. The summed E-state index contributed by atoms with van der Waals surface area (Å²) in [5.41, 5.74) is 2.50. The van der Waals surface area contributed by atoms with Crippen LogP contribution in [0.25, 0.3) is 10.8 Å². The number of nitrogens with one attached hydrogen (secondary N) is 1. The summed E-state index contributed by atoms with van der Waals surface area (Å²) in [6, 6.07) is 22.5. The van der Waals surface area contributed by atoms with Gasteiger partial charge >= 0.3 is 6.03 Å². The number of carbonyl (C=O) groups is 3. The van der Waals surface area contributed by atoms with Crippen LogP contribution in [0, 0.1) is 11.8 Å². The third-order valence-corrected chi connectivity index (χ3v) is 9.29. The smallest absolute Gasteiger partial charge is 0.323 e. The van der Waals surface area contributed by atoms with Crippen molar-refractivity contribution in [3.8, 4) is 5.75 Å². The van der Waals surface area contributed by atoms with Gasteiger partial charge in [0, 0.05) is 19.6 Å². The molecule has 9 heteroatoms. The van der Waals surface area contributed by atoms with Gasteiger partial charge in [-0.25, -0.2) is 4.79 Å². The summed E-state index contributed by atoms with van der Waals surface area (Å²) in [6.07, 6.45) is 0.608. The lowest BCUT2D eigenvalue weighted by Crippen LogP contribution is -2.61. The van der Waals surface area contributed by atoms with Crippen molar-refractivity contribution in [1.29, 1.82) is 0 Å². The van der Waals surface area contributed by atoms with Crippen LogP contribution in [0.3, 0.4) is 0 Å². The monoisotopic (exact) mass is 596 g/mol. The van der Waals surface area contributed by atoms with E-state index in [-0.39, 0.29) is 36.7 Å². The number of urea groups is 1. The molecule has 43 heavy (non-hydrogen) atoms. The number of carbonyl (C=O) groups excluding carboxylic acids is 3. The minimum absolute atomic E-state index is 0.0182. The fraction of sp³-hybridized carbons (Fsp3) is 0.324. The van der Waals surface area contributed by atoms with E-state index in [0.717, 1.165) is 28.3 Å². The molecule has 8 nitrogen and oxygen atoms in total. The summed E-state index contributed by atoms with van der Waals surface area (Å²) < 4.78 is 0. The van der Waals surface area contributed by atoms with Crippen molar-refractivity contribution in [2.45, 2.75) is 39.4 Å². The first-order valence-electron chi connectivity index (χ1n) is 14.8. The van der Waals surface area contributed by atoms with Crippen LogP contribution in [0.5, 0.6) is 5.75 Å². The summed E-state index contributed by atoms with van der Waals surface area (Å²) in [5, 5.41) is 16.9. The first-order valence-corrected chi connectivity index (χ1v) is 15.7. The lowest BCUT2D eigenvalue weighted by atomic mass is 9.97. The molecular weight excluding hydrogens is 560 g/mol. The van der Waals surface area contributed by atoms with Crippen LogP contribution in [0.15, 0.2) is 78.2 Å². The van der Waals surface area contributed by atoms with E-state index in [0.29, 0.717) is 36.0 Å². The number of hydrogen-bond acceptors (Lipinski definition) is 5. The van der Waals surface area contributed by atoms with Crippen LogP contribution in [0.4, 0.5) is 10.5 Å². The van der Waals surface area contributed by atoms with E-state index in [9.17, 15) is 19.5 Å². The molecular formula is C34H36N4O4S. The maximum atomic E-state index is 14.1. The highest BCUT2D eigenvalue weighted by Crippen LogP contribution is 2.37. The molecule has 4 amide bonds. The van der Waals surface area contributed by atoms with Crippen LogP contribution in [-0.2, 0) is 17.8 Å². The predicted molar refractivity (Wildman–Crippen MR) is 169 cm³/mol. The first kappa shape index (κ1) is 28.7. The Morgan fingerprint density at radius 1 is 1.00 bits per heavy atom. The summed E-state index contributed by atoms with van der Waals surface area (Å²) in [6.45, 7) is 5.56. The zero-order valence-corrected chi connectivity index (χ0v) is 25.2. The maximum Gasteiger partial charge on any atom is 0.323 e. The fourth-order valence-electron chi connectivity index (χ4n) is 6.09. The first-order chi connectivity index (χ1) is 20.8. The molecule has 0 saturated carbocycles. The number of anilines is 1. The van der Waals surface area contributed by atoms with E-state index in [2.05, 4.69) is 31.3 Å². The molecule has 0 spiro atoms. The normalized spacial score (nSPS) is 18.5. The van der Waals surface area contributed by atoms with Gasteiger partial charge in [-0.1, -0.05) is 68.4 Å². The quantitative estimate of drug-likeness (QED) is 0.280. The van der Waals surface area contributed by atoms with Crippen molar-refractivity contribution in [2.24, 2.45) is 11.8 Å². The van der Waals surface area contributed by atoms with Crippen molar-refractivity contribution >= 4 is 45.6 Å². The average Bonchev–Trinajstić information content (AvgIpc) is 3.45. The van der Waals surface area contributed by atoms with Crippen LogP contribution < -0.4 is 10.2 Å². The molecule has 0 aliphatic carbocycles. The van der Waals surface area contributed by atoms with E-state index >= 15 is 0 Å². The summed E-state index contributed by atoms with van der Waals surface area (Å²) in [4.78, 5) is 47.7. The van der Waals surface area contributed by atoms with Crippen molar-refractivity contribution in [3.63, 3.8) is 0 Å². The number of rotatable bonds is 7. The molecule has 6 rings (SSSR count). The van der Waals surface area contributed by atoms with Gasteiger partial charge in [-0.2, -0.15) is 0 Å². The number of nitrogens with zero attached hydrogens (tertiary/aromatic N) is 3. The molecule has 1 saturated heterocycles. The molecule has 3 aromatic carbocycles. The van der Waals surface area contributed by atoms with Gasteiger partial charge in [-0.3, -0.25) is 14.5 Å². The lowest BCUT2D eigenvalue weighted by Gasteiger charge is -2.43. The van der Waals surface area contributed by atoms with Crippen molar-refractivity contribution in [3.05, 3.63) is 94.2 Å². The van der Waals surface area contributed by atoms with Crippen LogP contribution >= 0.6 is 11.3 Å². The highest BCUT2D eigenvalue weighted by molar-refractivity contribution is 7.12. The SMILES string of the molecule is CC(C)CCN1CC2N(C[C@@H](Cc3ccc(O)cc3)C1=O)C(=O)c1sccc1N2C(=O)NCc1cccc2ccccc12. The number of phenolic OH excluding ortho intramolecular Hbond substituents is 1. The van der Waals surface area contributed by atoms with Crippen molar-refractivity contribution in [1.82, 2.24) is 15.1 Å². The highest BCUT2D eigenvalue weighted by atomic mass is 32.1. The predicted octanol–water partition coefficient (Wildman–Crippen LogP) is 5.85. The lowest BCUT2D eigenvalue weighted by molar-refractivity contribution is -0.134. The van der Waals surface area contributed by atoms with E-state index < -0.39 is 12.1 Å². The van der Waals surface area contributed by atoms with E-state index in [1.54, 1.807) is 21.9 Å². The zero-order chi connectivity index (χ0) is 30.1. The van der Waals surface area contributed by atoms with Gasteiger partial charge in [0.1, 0.15) is 16.8 Å². The molecule has 1 aromatic heterocycles. The Morgan fingerprint density at radius 2 is 1.77 bits per heavy atom. The summed E-state index contributed by atoms with van der Waals surface area (Å²) in [7, 11) is 0. The van der Waals surface area contributed by atoms with Gasteiger partial charge in [0.15, 0.2) is 0 Å². The second-order valence-corrected chi connectivity index (χ2v) is 12.7. The Labute approximate surface area is 255 Å². The number of phenols is 1. The van der Waals surface area contributed by atoms with Crippen molar-refractivity contribution in [2.75, 3.05) is 24.5 Å². The molecule has 3 heterocycles. The molecule has 2 aliphatic heterocycles. The topological polar surface area (TPSA) is 93.2 Å². The molecule has 222 valence electrons. The minimum Gasteiger partial charge on any atom is -0.508 e. The van der Waals surface area contributed by atoms with E-state index in [1.807, 2.05) is 58.8 Å². The van der Waals surface area contributed by atoms with Crippen LogP contribution in [0.2, 0.25) is 0 Å². The summed E-state index contributed by atoms with van der Waals surface area (Å²) >= 11 is 1.32. The molecule has 0 bridgehead atoms. The Bertz CT molecular complexity index is 1640. The number of fused-ring (bicyclic) bond motifs is 3. The largest absolute Gasteiger partial charge is 0.508 e. The Balaban J connectivity index is 1.32. The Kier molecular flexibility index (Phi) is 8.08. The standard InChI is InChI=1S/C34H36N4O4S/c1-22(2)14-16-36-21-30-37(20-26(32(36)40)18-23-10-12-27(39)13-11-23)33(41)31-29(15-17-43-31)38(30)34(42)35-19-25-8-5-7-24-6-3-4-9-28(24)25/h3-13,15,17,22,26,30,39H,14,16,18-21H2,1-2H3,(H,35,42)/t26-,30?/m1/s1. The molecule has 0 radical (unpaired) electrons. The van der Waals surface area contributed by atoms with Crippen molar-refractivity contribution < 1.29 is 19.5 Å². The number of amides is 4. The molecule has 4 aromatic rings. The van der Waals surface area contributed by atoms with Gasteiger partial charge in [-0.15, -0.1) is 11.3 Å². The zero-order valence-electron chi connectivity index (χ0n) is 24.4. The van der Waals surface area contributed by atoms with Gasteiger partial charge in [0.25, 0.3) is 5.91 Å². The fourth-order valence-corrected chi connectivity index (χ4v) is 6.93. The minimum atomic E-state index is -0.636. The third kappa shape index (κ3) is 5.82. The second kappa shape index (κ2) is 12.1. The number of aromatic hydroxyl groups is 1. The molecule has 1 unspecified atom stereocenters. The van der Waals surface area contributed by atoms with E-state index in [4.69, 9.17) is 0 Å². The number of hydrogen-bond donors (Lipinski definition) is 2. The van der Waals surface area contributed by atoms with Crippen LogP contribution in [0.1, 0.15) is 41.1 Å². The van der Waals surface area contributed by atoms with Crippen LogP contribution in [-0.4, -0.2) is 58.6 Å².